The summed E-state index contributed by atoms with van der Waals surface area (Å²) >= 11 is 0. The zero-order chi connectivity index (χ0) is 11.3. The van der Waals surface area contributed by atoms with Gasteiger partial charge in [0.05, 0.1) is 19.8 Å². The molecule has 0 aromatic carbocycles. The molecule has 1 rings (SSSR count). The van der Waals surface area contributed by atoms with Gasteiger partial charge in [0.2, 0.25) is 11.8 Å². The van der Waals surface area contributed by atoms with E-state index in [0.29, 0.717) is 19.8 Å². The van der Waals surface area contributed by atoms with Crippen molar-refractivity contribution in [3.8, 4) is 0 Å². The van der Waals surface area contributed by atoms with Crippen molar-refractivity contribution in [3.63, 3.8) is 0 Å². The average Bonchev–Trinajstić information content (AvgIpc) is 2.26. The molecule has 6 heteroatoms. The molecule has 2 N–H and O–H groups in total. The Bertz CT molecular complexity index is 237. The molecule has 0 aromatic heterocycles. The Morgan fingerprint density at radius 2 is 2.27 bits per heavy atom. The number of likely N-dealkylation sites (N-methyl/N-ethyl adjacent to an activating group) is 1. The van der Waals surface area contributed by atoms with Gasteiger partial charge in [0.15, 0.2) is 0 Å². The molecule has 0 aromatic rings. The minimum atomic E-state index is -0.339. The Kier molecular flexibility index (Phi) is 4.51. The molecule has 1 heterocycles. The average molecular weight is 215 g/mol. The Balaban J connectivity index is 2.26. The predicted octanol–water partition coefficient (Wildman–Crippen LogP) is -1.82. The van der Waals surface area contributed by atoms with Gasteiger partial charge in [-0.3, -0.25) is 9.59 Å². The Labute approximate surface area is 88.9 Å². The van der Waals surface area contributed by atoms with Crippen LogP contribution in [0.1, 0.15) is 0 Å². The lowest BCUT2D eigenvalue weighted by Crippen LogP contribution is -2.52. The molecule has 1 unspecified atom stereocenters. The fraction of sp³-hybridized carbons (Fsp3) is 0.778. The second kappa shape index (κ2) is 5.67. The van der Waals surface area contributed by atoms with Crippen molar-refractivity contribution in [2.24, 2.45) is 0 Å². The maximum atomic E-state index is 11.5. The number of nitrogens with zero attached hydrogens (tertiary/aromatic N) is 1. The summed E-state index contributed by atoms with van der Waals surface area (Å²) < 4.78 is 5.14. The highest BCUT2D eigenvalue weighted by Gasteiger charge is 2.21. The van der Waals surface area contributed by atoms with Crippen molar-refractivity contribution in [2.45, 2.75) is 6.04 Å². The number of carbonyl (C=O) groups excluding carboxylic acids is 2. The van der Waals surface area contributed by atoms with E-state index < -0.39 is 0 Å². The van der Waals surface area contributed by atoms with Crippen molar-refractivity contribution in [2.75, 3.05) is 40.4 Å². The molecule has 6 nitrogen and oxygen atoms in total. The number of hydrogen-bond acceptors (Lipinski definition) is 4. The summed E-state index contributed by atoms with van der Waals surface area (Å²) in [5.74, 6) is -0.315. The first-order chi connectivity index (χ1) is 7.11. The Morgan fingerprint density at radius 3 is 2.80 bits per heavy atom. The summed E-state index contributed by atoms with van der Waals surface area (Å²) in [5.41, 5.74) is 0. The van der Waals surface area contributed by atoms with Crippen LogP contribution >= 0.6 is 0 Å². The molecule has 15 heavy (non-hydrogen) atoms. The Hall–Kier alpha value is -1.14. The minimum Gasteiger partial charge on any atom is -0.378 e. The minimum absolute atomic E-state index is 0.0318. The molecule has 0 bridgehead atoms. The highest BCUT2D eigenvalue weighted by atomic mass is 16.5. The van der Waals surface area contributed by atoms with E-state index in [1.165, 1.54) is 4.90 Å². The van der Waals surface area contributed by atoms with Gasteiger partial charge in [0.25, 0.3) is 0 Å². The molecule has 0 radical (unpaired) electrons. The molecule has 1 atom stereocenters. The van der Waals surface area contributed by atoms with E-state index >= 15 is 0 Å². The molecule has 0 spiro atoms. The monoisotopic (exact) mass is 215 g/mol. The zero-order valence-electron chi connectivity index (χ0n) is 9.08. The van der Waals surface area contributed by atoms with Gasteiger partial charge in [-0.25, -0.2) is 0 Å². The highest BCUT2D eigenvalue weighted by molar-refractivity contribution is 5.87. The van der Waals surface area contributed by atoms with Crippen molar-refractivity contribution in [1.82, 2.24) is 15.5 Å². The molecule has 1 aliphatic rings. The lowest BCUT2D eigenvalue weighted by atomic mass is 10.2. The number of hydrogen-bond donors (Lipinski definition) is 2. The molecular weight excluding hydrogens is 198 g/mol. The van der Waals surface area contributed by atoms with Crippen LogP contribution in [0.2, 0.25) is 0 Å². The number of rotatable bonds is 3. The van der Waals surface area contributed by atoms with Crippen LogP contribution in [0.15, 0.2) is 0 Å². The van der Waals surface area contributed by atoms with Gasteiger partial charge in [0.1, 0.15) is 6.04 Å². The first kappa shape index (κ1) is 11.9. The van der Waals surface area contributed by atoms with Gasteiger partial charge in [0, 0.05) is 20.6 Å². The molecular formula is C9H17N3O3. The molecule has 0 aliphatic carbocycles. The Morgan fingerprint density at radius 1 is 1.53 bits per heavy atom. The van der Waals surface area contributed by atoms with Gasteiger partial charge < -0.3 is 20.3 Å². The highest BCUT2D eigenvalue weighted by Crippen LogP contribution is 1.92. The summed E-state index contributed by atoms with van der Waals surface area (Å²) in [7, 11) is 3.30. The van der Waals surface area contributed by atoms with E-state index in [2.05, 4.69) is 10.6 Å². The van der Waals surface area contributed by atoms with E-state index in [4.69, 9.17) is 4.74 Å². The first-order valence-corrected chi connectivity index (χ1v) is 4.90. The normalized spacial score (nSPS) is 20.8. The molecule has 1 aliphatic heterocycles. The molecule has 86 valence electrons. The number of amides is 2. The van der Waals surface area contributed by atoms with Crippen LogP contribution in [0.25, 0.3) is 0 Å². The van der Waals surface area contributed by atoms with Crippen LogP contribution in [-0.4, -0.2) is 63.2 Å². The molecule has 0 saturated carbocycles. The van der Waals surface area contributed by atoms with Crippen LogP contribution in [0, 0.1) is 0 Å². The molecule has 1 fully saturated rings. The van der Waals surface area contributed by atoms with Crippen LogP contribution < -0.4 is 10.6 Å². The quantitative estimate of drug-likeness (QED) is 0.581. The van der Waals surface area contributed by atoms with E-state index in [9.17, 15) is 9.59 Å². The largest absolute Gasteiger partial charge is 0.378 e. The van der Waals surface area contributed by atoms with E-state index in [0.717, 1.165) is 0 Å². The number of ether oxygens (including phenoxy) is 1. The first-order valence-electron chi connectivity index (χ1n) is 4.90. The number of morpholine rings is 1. The third-order valence-electron chi connectivity index (χ3n) is 2.15. The second-order valence-corrected chi connectivity index (χ2v) is 3.59. The van der Waals surface area contributed by atoms with Gasteiger partial charge in [-0.1, -0.05) is 0 Å². The number of carbonyl (C=O) groups is 2. The van der Waals surface area contributed by atoms with Crippen molar-refractivity contribution < 1.29 is 14.3 Å². The topological polar surface area (TPSA) is 70.7 Å². The second-order valence-electron chi connectivity index (χ2n) is 3.59. The number of nitrogens with one attached hydrogen (secondary N) is 2. The van der Waals surface area contributed by atoms with Crippen LogP contribution in [0.5, 0.6) is 0 Å². The van der Waals surface area contributed by atoms with Crippen molar-refractivity contribution >= 4 is 11.8 Å². The SMILES string of the molecule is CN(C)C(=O)CNC(=O)C1COCCN1. The zero-order valence-corrected chi connectivity index (χ0v) is 9.08. The fourth-order valence-corrected chi connectivity index (χ4v) is 1.18. The maximum absolute atomic E-state index is 11.5. The lowest BCUT2D eigenvalue weighted by molar-refractivity contribution is -0.132. The van der Waals surface area contributed by atoms with E-state index in [1.54, 1.807) is 14.1 Å². The van der Waals surface area contributed by atoms with Gasteiger partial charge >= 0.3 is 0 Å². The summed E-state index contributed by atoms with van der Waals surface area (Å²) in [6.07, 6.45) is 0. The summed E-state index contributed by atoms with van der Waals surface area (Å²) in [4.78, 5) is 24.1. The summed E-state index contributed by atoms with van der Waals surface area (Å²) in [5, 5.41) is 5.57. The molecule has 1 saturated heterocycles. The van der Waals surface area contributed by atoms with E-state index in [1.807, 2.05) is 0 Å². The summed E-state index contributed by atoms with van der Waals surface area (Å²) in [6.45, 7) is 1.69. The van der Waals surface area contributed by atoms with Crippen LogP contribution in [-0.2, 0) is 14.3 Å². The van der Waals surface area contributed by atoms with Gasteiger partial charge in [-0.05, 0) is 0 Å². The van der Waals surface area contributed by atoms with E-state index in [-0.39, 0.29) is 24.4 Å². The van der Waals surface area contributed by atoms with Crippen LogP contribution in [0.4, 0.5) is 0 Å². The third kappa shape index (κ3) is 3.85. The molecule has 2 amide bonds. The lowest BCUT2D eigenvalue weighted by Gasteiger charge is -2.23. The van der Waals surface area contributed by atoms with Crippen molar-refractivity contribution in [3.05, 3.63) is 0 Å². The van der Waals surface area contributed by atoms with Gasteiger partial charge in [-0.2, -0.15) is 0 Å². The standard InChI is InChI=1S/C9H17N3O3/c1-12(2)8(13)5-11-9(14)7-6-15-4-3-10-7/h7,10H,3-6H2,1-2H3,(H,11,14). The van der Waals surface area contributed by atoms with Gasteiger partial charge in [-0.15, -0.1) is 0 Å². The summed E-state index contributed by atoms with van der Waals surface area (Å²) in [6, 6.07) is -0.339. The predicted molar refractivity (Wildman–Crippen MR) is 54.3 cm³/mol. The third-order valence-corrected chi connectivity index (χ3v) is 2.15. The fourth-order valence-electron chi connectivity index (χ4n) is 1.18. The maximum Gasteiger partial charge on any atom is 0.241 e. The van der Waals surface area contributed by atoms with Crippen molar-refractivity contribution in [1.29, 1.82) is 0 Å². The smallest absolute Gasteiger partial charge is 0.241 e. The van der Waals surface area contributed by atoms with Crippen LogP contribution in [0.3, 0.4) is 0 Å².